The maximum absolute atomic E-state index is 11.2. The number of fused-ring (bicyclic) bond motifs is 7. The first-order valence-electron chi connectivity index (χ1n) is 20.3. The van der Waals surface area contributed by atoms with Gasteiger partial charge in [-0.05, 0) is 104 Å². The van der Waals surface area contributed by atoms with Gasteiger partial charge in [0.15, 0.2) is 18.4 Å². The average molecular weight is 741 g/mol. The summed E-state index contributed by atoms with van der Waals surface area (Å²) in [4.78, 5) is 0. The fourth-order valence-electron chi connectivity index (χ4n) is 13.2. The number of aliphatic hydroxyl groups excluding tert-OH is 7. The Labute approximate surface area is 307 Å². The Hall–Kier alpha value is -0.520. The van der Waals surface area contributed by atoms with Crippen LogP contribution in [0.1, 0.15) is 91.9 Å². The highest BCUT2D eigenvalue weighted by atomic mass is 16.7. The molecular formula is C39H64O13. The van der Waals surface area contributed by atoms with E-state index < -0.39 is 80.4 Å². The molecule has 298 valence electrons. The summed E-state index contributed by atoms with van der Waals surface area (Å²) >= 11 is 0. The van der Waals surface area contributed by atoms with Crippen LogP contribution >= 0.6 is 0 Å². The van der Waals surface area contributed by atoms with Crippen molar-refractivity contribution in [3.05, 3.63) is 0 Å². The molecule has 22 atom stereocenters. The quantitative estimate of drug-likeness (QED) is 0.194. The molecule has 4 aliphatic heterocycles. The van der Waals surface area contributed by atoms with Crippen LogP contribution in [-0.4, -0.2) is 135 Å². The molecule has 4 heterocycles. The Balaban J connectivity index is 0.892. The lowest BCUT2D eigenvalue weighted by Gasteiger charge is -2.61. The lowest BCUT2D eigenvalue weighted by Crippen LogP contribution is -2.65. The summed E-state index contributed by atoms with van der Waals surface area (Å²) in [6.45, 7) is 9.33. The third-order valence-electron chi connectivity index (χ3n) is 16.2. The van der Waals surface area contributed by atoms with Crippen LogP contribution in [-0.2, 0) is 28.4 Å². The summed E-state index contributed by atoms with van der Waals surface area (Å²) in [7, 11) is 0. The monoisotopic (exact) mass is 740 g/mol. The summed E-state index contributed by atoms with van der Waals surface area (Å²) in [5.74, 6) is 3.63. The molecule has 0 aromatic rings. The molecule has 0 unspecified atom stereocenters. The Morgan fingerprint density at radius 1 is 0.673 bits per heavy atom. The van der Waals surface area contributed by atoms with Gasteiger partial charge in [-0.2, -0.15) is 0 Å². The van der Waals surface area contributed by atoms with E-state index in [2.05, 4.69) is 27.7 Å². The van der Waals surface area contributed by atoms with Gasteiger partial charge in [0.2, 0.25) is 0 Å². The molecule has 0 aromatic heterocycles. The fraction of sp³-hybridized carbons (Fsp3) is 1.00. The van der Waals surface area contributed by atoms with Crippen LogP contribution in [0, 0.1) is 52.3 Å². The third-order valence-corrected chi connectivity index (χ3v) is 16.2. The molecule has 0 amide bonds. The second-order valence-corrected chi connectivity index (χ2v) is 18.7. The second-order valence-electron chi connectivity index (χ2n) is 18.7. The third kappa shape index (κ3) is 5.98. The SMILES string of the molecule is C[C@@H]1CC[C@@]2(OC1)O[C@H]1C[C@H]3[C@@H]4CC[C@@H]5C[C@@H](O[C@@H]6O[C@H](CO)[C@H](O[C@@H]7O[C@H](CO)[C@@H](O)[C@H](O)[C@H]7O)[C@H](O)[C@H]6O)CC[C@]5(C)[C@H]4CC[C@]3(C)[C@H]1[C@@H]2C. The van der Waals surface area contributed by atoms with Gasteiger partial charge in [0.05, 0.1) is 32.0 Å². The highest BCUT2D eigenvalue weighted by Gasteiger charge is 2.69. The Morgan fingerprint density at radius 2 is 1.37 bits per heavy atom. The molecule has 8 rings (SSSR count). The van der Waals surface area contributed by atoms with Gasteiger partial charge in [0.1, 0.15) is 48.8 Å². The van der Waals surface area contributed by atoms with Crippen LogP contribution in [0.25, 0.3) is 0 Å². The van der Waals surface area contributed by atoms with Gasteiger partial charge >= 0.3 is 0 Å². The van der Waals surface area contributed by atoms with E-state index in [0.717, 1.165) is 45.1 Å². The minimum Gasteiger partial charge on any atom is -0.394 e. The van der Waals surface area contributed by atoms with Crippen LogP contribution in [0.5, 0.6) is 0 Å². The molecule has 1 spiro atoms. The van der Waals surface area contributed by atoms with Crippen molar-refractivity contribution in [2.45, 2.75) is 171 Å². The van der Waals surface area contributed by atoms with Gasteiger partial charge in [0, 0.05) is 12.3 Å². The lowest BCUT2D eigenvalue weighted by atomic mass is 9.44. The summed E-state index contributed by atoms with van der Waals surface area (Å²) in [6.07, 6.45) is -3.66. The van der Waals surface area contributed by atoms with E-state index in [9.17, 15) is 35.7 Å². The molecule has 13 nitrogen and oxygen atoms in total. The van der Waals surface area contributed by atoms with E-state index in [1.165, 1.54) is 25.7 Å². The highest BCUT2D eigenvalue weighted by Crippen LogP contribution is 2.71. The number of aliphatic hydroxyl groups is 7. The predicted octanol–water partition coefficient (Wildman–Crippen LogP) is 1.44. The van der Waals surface area contributed by atoms with E-state index in [4.69, 9.17) is 28.4 Å². The largest absolute Gasteiger partial charge is 0.394 e. The molecule has 13 heteroatoms. The number of hydrogen-bond donors (Lipinski definition) is 7. The van der Waals surface area contributed by atoms with E-state index in [1.807, 2.05) is 0 Å². The zero-order valence-electron chi connectivity index (χ0n) is 31.2. The molecule has 4 aliphatic carbocycles. The average Bonchev–Trinajstić information content (AvgIpc) is 3.58. The molecular weight excluding hydrogens is 676 g/mol. The number of ether oxygens (including phenoxy) is 6. The van der Waals surface area contributed by atoms with E-state index in [0.29, 0.717) is 41.4 Å². The minimum absolute atomic E-state index is 0.188. The molecule has 7 N–H and O–H groups in total. The molecule has 8 aliphatic rings. The standard InChI is InChI=1S/C39H64O13/c1-18-7-12-39(47-17-18)19(2)28-25(52-39)14-24-22-6-5-20-13-21(8-10-37(20,3)23(22)9-11-38(24,28)4)48-35-33(46)31(44)34(27(16-41)50-35)51-36-32(45)30(43)29(42)26(15-40)49-36/h18-36,40-46H,5-17H2,1-4H3/t18-,19+,20-,21+,22-,23+,24+,25+,26-,27-,28+,29-,30+,31-,32-,33-,34+,35-,36+,37+,38+,39-/m1/s1. The Bertz CT molecular complexity index is 1260. The summed E-state index contributed by atoms with van der Waals surface area (Å²) in [5, 5.41) is 72.8. The van der Waals surface area contributed by atoms with Crippen LogP contribution < -0.4 is 0 Å². The van der Waals surface area contributed by atoms with Crippen molar-refractivity contribution >= 4 is 0 Å². The van der Waals surface area contributed by atoms with Gasteiger partial charge in [-0.1, -0.05) is 27.7 Å². The molecule has 0 aromatic carbocycles. The molecule has 4 saturated heterocycles. The van der Waals surface area contributed by atoms with Crippen molar-refractivity contribution in [2.24, 2.45) is 52.3 Å². The molecule has 0 bridgehead atoms. The summed E-state index contributed by atoms with van der Waals surface area (Å²) < 4.78 is 37.0. The van der Waals surface area contributed by atoms with Crippen molar-refractivity contribution in [1.29, 1.82) is 0 Å². The Kier molecular flexibility index (Phi) is 10.4. The van der Waals surface area contributed by atoms with Gasteiger partial charge < -0.3 is 64.2 Å². The van der Waals surface area contributed by atoms with Gasteiger partial charge in [-0.25, -0.2) is 0 Å². The van der Waals surface area contributed by atoms with Crippen LogP contribution in [0.15, 0.2) is 0 Å². The van der Waals surface area contributed by atoms with E-state index >= 15 is 0 Å². The minimum atomic E-state index is -1.71. The maximum atomic E-state index is 11.2. The van der Waals surface area contributed by atoms with Crippen molar-refractivity contribution in [3.63, 3.8) is 0 Å². The van der Waals surface area contributed by atoms with Crippen molar-refractivity contribution in [2.75, 3.05) is 19.8 Å². The van der Waals surface area contributed by atoms with Crippen LogP contribution in [0.3, 0.4) is 0 Å². The predicted molar refractivity (Wildman–Crippen MR) is 183 cm³/mol. The van der Waals surface area contributed by atoms with E-state index in [1.54, 1.807) is 0 Å². The topological polar surface area (TPSA) is 197 Å². The van der Waals surface area contributed by atoms with Gasteiger partial charge in [-0.3, -0.25) is 0 Å². The fourth-order valence-corrected chi connectivity index (χ4v) is 13.2. The zero-order valence-corrected chi connectivity index (χ0v) is 31.2. The van der Waals surface area contributed by atoms with Crippen molar-refractivity contribution < 1.29 is 64.2 Å². The van der Waals surface area contributed by atoms with Gasteiger partial charge in [-0.15, -0.1) is 0 Å². The van der Waals surface area contributed by atoms with Crippen LogP contribution in [0.2, 0.25) is 0 Å². The summed E-state index contributed by atoms with van der Waals surface area (Å²) in [6, 6.07) is 0. The number of rotatable bonds is 6. The summed E-state index contributed by atoms with van der Waals surface area (Å²) in [5.41, 5.74) is 0.468. The molecule has 52 heavy (non-hydrogen) atoms. The normalized spacial score (nSPS) is 59.0. The smallest absolute Gasteiger partial charge is 0.187 e. The number of hydrogen-bond acceptors (Lipinski definition) is 13. The highest BCUT2D eigenvalue weighted by molar-refractivity contribution is 5.15. The Morgan fingerprint density at radius 3 is 2.08 bits per heavy atom. The first kappa shape index (κ1) is 38.4. The molecule has 8 fully saturated rings. The van der Waals surface area contributed by atoms with Crippen LogP contribution in [0.4, 0.5) is 0 Å². The maximum Gasteiger partial charge on any atom is 0.187 e. The molecule has 0 radical (unpaired) electrons. The zero-order chi connectivity index (χ0) is 36.9. The first-order valence-corrected chi connectivity index (χ1v) is 20.3. The first-order chi connectivity index (χ1) is 24.7. The van der Waals surface area contributed by atoms with Crippen molar-refractivity contribution in [1.82, 2.24) is 0 Å². The second kappa shape index (κ2) is 14.1. The molecule has 4 saturated carbocycles. The van der Waals surface area contributed by atoms with Crippen molar-refractivity contribution in [3.8, 4) is 0 Å². The van der Waals surface area contributed by atoms with Gasteiger partial charge in [0.25, 0.3) is 0 Å². The van der Waals surface area contributed by atoms with E-state index in [-0.39, 0.29) is 23.0 Å². The lowest BCUT2D eigenvalue weighted by molar-refractivity contribution is -0.364.